The molecule has 82 valence electrons. The molecule has 0 aromatic carbocycles. The van der Waals surface area contributed by atoms with E-state index in [1.807, 2.05) is 0 Å². The lowest BCUT2D eigenvalue weighted by Crippen LogP contribution is -2.17. The van der Waals surface area contributed by atoms with E-state index in [1.165, 1.54) is 6.20 Å². The van der Waals surface area contributed by atoms with Crippen LogP contribution in [0.1, 0.15) is 18.7 Å². The Labute approximate surface area is 104 Å². The second-order valence-electron chi connectivity index (χ2n) is 2.68. The topological polar surface area (TPSA) is 59.4 Å². The summed E-state index contributed by atoms with van der Waals surface area (Å²) in [6, 6.07) is 1.70. The number of halogens is 2. The fraction of sp³-hybridized carbons (Fsp3) is 0.333. The number of pyridine rings is 1. The summed E-state index contributed by atoms with van der Waals surface area (Å²) in [4.78, 5) is 15.2. The normalized spacial score (nSPS) is 12.3. The number of ether oxygens (including phenoxy) is 1. The van der Waals surface area contributed by atoms with Crippen LogP contribution in [0.5, 0.6) is 0 Å². The lowest BCUT2D eigenvalue weighted by Gasteiger charge is -2.10. The molecular formula is C9H9Br2NO3. The zero-order chi connectivity index (χ0) is 11.4. The number of nitrogens with zero attached hydrogens (tertiary/aromatic N) is 1. The summed E-state index contributed by atoms with van der Waals surface area (Å²) in [5.41, 5.74) is 0.247. The molecule has 1 atom stereocenters. The van der Waals surface area contributed by atoms with E-state index in [0.717, 1.165) is 4.47 Å². The molecule has 1 aromatic heterocycles. The minimum atomic E-state index is -1.35. The second-order valence-corrected chi connectivity index (χ2v) is 4.45. The van der Waals surface area contributed by atoms with Crippen molar-refractivity contribution in [3.05, 3.63) is 26.9 Å². The van der Waals surface area contributed by atoms with Crippen LogP contribution >= 0.6 is 31.9 Å². The molecule has 0 aliphatic rings. The molecule has 1 aromatic rings. The molecule has 6 heteroatoms. The monoisotopic (exact) mass is 337 g/mol. The van der Waals surface area contributed by atoms with Crippen LogP contribution in [0.2, 0.25) is 0 Å². The van der Waals surface area contributed by atoms with E-state index < -0.39 is 12.1 Å². The van der Waals surface area contributed by atoms with Crippen LogP contribution in [0.3, 0.4) is 0 Å². The minimum Gasteiger partial charge on any atom is -0.464 e. The Balaban J connectivity index is 2.91. The Morgan fingerprint density at radius 2 is 2.33 bits per heavy atom. The fourth-order valence-corrected chi connectivity index (χ4v) is 2.16. The summed E-state index contributed by atoms with van der Waals surface area (Å²) >= 11 is 6.43. The first-order chi connectivity index (χ1) is 7.06. The van der Waals surface area contributed by atoms with E-state index in [4.69, 9.17) is 0 Å². The van der Waals surface area contributed by atoms with Gasteiger partial charge in [0, 0.05) is 15.1 Å². The van der Waals surface area contributed by atoms with Gasteiger partial charge >= 0.3 is 5.97 Å². The highest BCUT2D eigenvalue weighted by atomic mass is 79.9. The molecule has 0 radical (unpaired) electrons. The van der Waals surface area contributed by atoms with E-state index in [9.17, 15) is 9.90 Å². The predicted octanol–water partition coefficient (Wildman–Crippen LogP) is 2.20. The molecule has 0 aliphatic carbocycles. The summed E-state index contributed by atoms with van der Waals surface area (Å²) < 4.78 is 5.99. The average Bonchev–Trinajstić information content (AvgIpc) is 2.17. The smallest absolute Gasteiger partial charge is 0.341 e. The minimum absolute atomic E-state index is 0.226. The molecule has 15 heavy (non-hydrogen) atoms. The molecule has 0 saturated carbocycles. The van der Waals surface area contributed by atoms with E-state index >= 15 is 0 Å². The molecule has 1 N–H and O–H groups in total. The Morgan fingerprint density at radius 1 is 1.67 bits per heavy atom. The van der Waals surface area contributed by atoms with E-state index in [1.54, 1.807) is 13.0 Å². The SMILES string of the molecule is CCOC(=O)C(O)c1ncc(Br)cc1Br. The van der Waals surface area contributed by atoms with Crippen molar-refractivity contribution in [2.24, 2.45) is 0 Å². The molecule has 0 aliphatic heterocycles. The van der Waals surface area contributed by atoms with Crippen molar-refractivity contribution in [2.75, 3.05) is 6.61 Å². The van der Waals surface area contributed by atoms with Gasteiger partial charge in [-0.2, -0.15) is 0 Å². The van der Waals surface area contributed by atoms with Gasteiger partial charge in [0.05, 0.1) is 12.3 Å². The molecule has 0 bridgehead atoms. The highest BCUT2D eigenvalue weighted by Gasteiger charge is 2.22. The summed E-state index contributed by atoms with van der Waals surface area (Å²) in [5, 5.41) is 9.61. The average molecular weight is 339 g/mol. The first kappa shape index (κ1) is 12.6. The van der Waals surface area contributed by atoms with E-state index in [2.05, 4.69) is 41.6 Å². The van der Waals surface area contributed by atoms with Crippen LogP contribution in [0, 0.1) is 0 Å². The fourth-order valence-electron chi connectivity index (χ4n) is 0.959. The van der Waals surface area contributed by atoms with Gasteiger partial charge in [-0.1, -0.05) is 0 Å². The maximum absolute atomic E-state index is 11.2. The molecule has 0 spiro atoms. The Bertz CT molecular complexity index is 370. The van der Waals surface area contributed by atoms with Gasteiger partial charge in [0.15, 0.2) is 6.10 Å². The van der Waals surface area contributed by atoms with Gasteiger partial charge < -0.3 is 9.84 Å². The van der Waals surface area contributed by atoms with Crippen molar-refractivity contribution in [1.82, 2.24) is 4.98 Å². The quantitative estimate of drug-likeness (QED) is 0.858. The Hall–Kier alpha value is -0.460. The standard InChI is InChI=1S/C9H9Br2NO3/c1-2-15-9(14)8(13)7-6(11)3-5(10)4-12-7/h3-4,8,13H,2H2,1H3. The maximum atomic E-state index is 11.2. The van der Waals surface area contributed by atoms with Gasteiger partial charge in [-0.25, -0.2) is 4.79 Å². The van der Waals surface area contributed by atoms with E-state index in [0.29, 0.717) is 4.47 Å². The van der Waals surface area contributed by atoms with Crippen LogP contribution in [0.4, 0.5) is 0 Å². The van der Waals surface area contributed by atoms with Gasteiger partial charge in [0.1, 0.15) is 0 Å². The number of carbonyl (C=O) groups is 1. The third-order valence-corrected chi connectivity index (χ3v) is 2.67. The third kappa shape index (κ3) is 3.25. The first-order valence-corrected chi connectivity index (χ1v) is 5.80. The van der Waals surface area contributed by atoms with Crippen LogP contribution in [0.25, 0.3) is 0 Å². The number of hydrogen-bond acceptors (Lipinski definition) is 4. The van der Waals surface area contributed by atoms with Crippen LogP contribution < -0.4 is 0 Å². The third-order valence-electron chi connectivity index (χ3n) is 1.61. The zero-order valence-corrected chi connectivity index (χ0v) is 11.1. The predicted molar refractivity (Wildman–Crippen MR) is 61.2 cm³/mol. The largest absolute Gasteiger partial charge is 0.464 e. The number of hydrogen-bond donors (Lipinski definition) is 1. The first-order valence-electron chi connectivity index (χ1n) is 4.22. The van der Waals surface area contributed by atoms with Crippen molar-refractivity contribution in [3.63, 3.8) is 0 Å². The molecule has 0 fully saturated rings. The van der Waals surface area contributed by atoms with Crippen molar-refractivity contribution >= 4 is 37.8 Å². The lowest BCUT2D eigenvalue weighted by atomic mass is 10.2. The number of aliphatic hydroxyl groups is 1. The van der Waals surface area contributed by atoms with Crippen molar-refractivity contribution in [2.45, 2.75) is 13.0 Å². The number of carbonyl (C=O) groups excluding carboxylic acids is 1. The van der Waals surface area contributed by atoms with Crippen molar-refractivity contribution < 1.29 is 14.6 Å². The van der Waals surface area contributed by atoms with Crippen molar-refractivity contribution in [1.29, 1.82) is 0 Å². The van der Waals surface area contributed by atoms with Crippen LogP contribution in [-0.2, 0) is 9.53 Å². The molecular weight excluding hydrogens is 330 g/mol. The highest BCUT2D eigenvalue weighted by molar-refractivity contribution is 9.11. The van der Waals surface area contributed by atoms with Crippen LogP contribution in [0.15, 0.2) is 21.2 Å². The molecule has 4 nitrogen and oxygen atoms in total. The van der Waals surface area contributed by atoms with Crippen molar-refractivity contribution in [3.8, 4) is 0 Å². The van der Waals surface area contributed by atoms with Gasteiger partial charge in [-0.3, -0.25) is 4.98 Å². The Kier molecular flexibility index (Phi) is 4.69. The second kappa shape index (κ2) is 5.58. The molecule has 0 saturated heterocycles. The van der Waals surface area contributed by atoms with Crippen LogP contribution in [-0.4, -0.2) is 22.7 Å². The van der Waals surface area contributed by atoms with Gasteiger partial charge in [0.25, 0.3) is 0 Å². The lowest BCUT2D eigenvalue weighted by molar-refractivity contribution is -0.153. The Morgan fingerprint density at radius 3 is 2.87 bits per heavy atom. The van der Waals surface area contributed by atoms with E-state index in [-0.39, 0.29) is 12.3 Å². The van der Waals surface area contributed by atoms with Gasteiger partial charge in [-0.05, 0) is 44.8 Å². The molecule has 0 amide bonds. The maximum Gasteiger partial charge on any atom is 0.341 e. The zero-order valence-electron chi connectivity index (χ0n) is 7.91. The summed E-state index contributed by atoms with van der Waals surface area (Å²) in [7, 11) is 0. The number of esters is 1. The number of rotatable bonds is 3. The number of aliphatic hydroxyl groups excluding tert-OH is 1. The summed E-state index contributed by atoms with van der Waals surface area (Å²) in [6.07, 6.45) is 0.148. The number of aromatic nitrogens is 1. The summed E-state index contributed by atoms with van der Waals surface area (Å²) in [6.45, 7) is 1.90. The molecule has 1 heterocycles. The van der Waals surface area contributed by atoms with Gasteiger partial charge in [0.2, 0.25) is 0 Å². The molecule has 1 unspecified atom stereocenters. The highest BCUT2D eigenvalue weighted by Crippen LogP contribution is 2.25. The molecule has 1 rings (SSSR count). The van der Waals surface area contributed by atoms with Gasteiger partial charge in [-0.15, -0.1) is 0 Å². The summed E-state index contributed by atoms with van der Waals surface area (Å²) in [5.74, 6) is -0.701.